The average Bonchev–Trinajstić information content (AvgIpc) is 3.05. The topological polar surface area (TPSA) is 58.4 Å². The molecule has 1 aliphatic heterocycles. The van der Waals surface area contributed by atoms with E-state index in [0.717, 1.165) is 48.2 Å². The summed E-state index contributed by atoms with van der Waals surface area (Å²) in [6.45, 7) is 4.14. The van der Waals surface area contributed by atoms with Gasteiger partial charge in [-0.25, -0.2) is 4.79 Å². The molecule has 0 atom stereocenters. The van der Waals surface area contributed by atoms with Crippen molar-refractivity contribution in [3.63, 3.8) is 0 Å². The van der Waals surface area contributed by atoms with Gasteiger partial charge in [-0.05, 0) is 31.9 Å². The van der Waals surface area contributed by atoms with E-state index in [9.17, 15) is 4.79 Å². The number of aryl methyl sites for hydroxylation is 1. The highest BCUT2D eigenvalue weighted by Gasteiger charge is 2.18. The summed E-state index contributed by atoms with van der Waals surface area (Å²) in [6.07, 6.45) is 2.19. The molecule has 2 aromatic rings. The quantitative estimate of drug-likeness (QED) is 0.901. The molecule has 19 heavy (non-hydrogen) atoms. The molecule has 0 bridgehead atoms. The van der Waals surface area contributed by atoms with Crippen LogP contribution in [-0.2, 0) is 6.54 Å². The van der Waals surface area contributed by atoms with Crippen molar-refractivity contribution < 1.29 is 9.32 Å². The van der Waals surface area contributed by atoms with Crippen LogP contribution in [0.1, 0.15) is 24.1 Å². The Balaban J connectivity index is 1.71. The smallest absolute Gasteiger partial charge is 0.317 e. The van der Waals surface area contributed by atoms with E-state index in [4.69, 9.17) is 4.52 Å². The standard InChI is InChI=1S/C14H17N3O2/c1-10-4-5-13-11(8-10)12(16-19-13)9-15-14(18)17-6-2-3-7-17/h4-5,8H,2-3,6-7,9H2,1H3,(H,15,18). The van der Waals surface area contributed by atoms with E-state index in [2.05, 4.69) is 10.5 Å². The highest BCUT2D eigenvalue weighted by molar-refractivity contribution is 5.81. The molecular weight excluding hydrogens is 242 g/mol. The van der Waals surface area contributed by atoms with Crippen LogP contribution in [0, 0.1) is 6.92 Å². The van der Waals surface area contributed by atoms with E-state index < -0.39 is 0 Å². The number of carbonyl (C=O) groups is 1. The van der Waals surface area contributed by atoms with Crippen molar-refractivity contribution >= 4 is 17.0 Å². The third-order valence-corrected chi connectivity index (χ3v) is 3.50. The molecule has 2 heterocycles. The second kappa shape index (κ2) is 4.91. The molecule has 1 aromatic heterocycles. The number of fused-ring (bicyclic) bond motifs is 1. The van der Waals surface area contributed by atoms with Crippen LogP contribution in [0.15, 0.2) is 22.7 Å². The zero-order chi connectivity index (χ0) is 13.2. The second-order valence-corrected chi connectivity index (χ2v) is 4.98. The number of hydrogen-bond acceptors (Lipinski definition) is 3. The maximum absolute atomic E-state index is 11.9. The molecule has 1 aliphatic rings. The lowest BCUT2D eigenvalue weighted by molar-refractivity contribution is 0.208. The zero-order valence-electron chi connectivity index (χ0n) is 11.0. The number of carbonyl (C=O) groups excluding carboxylic acids is 1. The van der Waals surface area contributed by atoms with Crippen molar-refractivity contribution in [2.24, 2.45) is 0 Å². The Hall–Kier alpha value is -2.04. The van der Waals surface area contributed by atoms with E-state index in [0.29, 0.717) is 6.54 Å². The average molecular weight is 259 g/mol. The van der Waals surface area contributed by atoms with Gasteiger partial charge in [0.05, 0.1) is 6.54 Å². The number of hydrogen-bond donors (Lipinski definition) is 1. The molecule has 0 unspecified atom stereocenters. The highest BCUT2D eigenvalue weighted by Crippen LogP contribution is 2.19. The minimum Gasteiger partial charge on any atom is -0.356 e. The Kier molecular flexibility index (Phi) is 3.11. The third kappa shape index (κ3) is 2.41. The summed E-state index contributed by atoms with van der Waals surface area (Å²) in [4.78, 5) is 13.7. The fraction of sp³-hybridized carbons (Fsp3) is 0.429. The summed E-state index contributed by atoms with van der Waals surface area (Å²) in [7, 11) is 0. The predicted octanol–water partition coefficient (Wildman–Crippen LogP) is 2.44. The predicted molar refractivity (Wildman–Crippen MR) is 71.8 cm³/mol. The molecule has 3 rings (SSSR count). The molecule has 0 aliphatic carbocycles. The Morgan fingerprint density at radius 2 is 2.21 bits per heavy atom. The molecular formula is C14H17N3O2. The Labute approximate surface area is 111 Å². The summed E-state index contributed by atoms with van der Waals surface area (Å²) >= 11 is 0. The van der Waals surface area contributed by atoms with Crippen LogP contribution in [0.3, 0.4) is 0 Å². The molecule has 0 radical (unpaired) electrons. The number of benzene rings is 1. The van der Waals surface area contributed by atoms with Gasteiger partial charge in [0.15, 0.2) is 5.58 Å². The van der Waals surface area contributed by atoms with Crippen LogP contribution in [0.2, 0.25) is 0 Å². The Morgan fingerprint density at radius 3 is 3.00 bits per heavy atom. The molecule has 0 spiro atoms. The lowest BCUT2D eigenvalue weighted by Crippen LogP contribution is -2.37. The number of likely N-dealkylation sites (tertiary alicyclic amines) is 1. The third-order valence-electron chi connectivity index (χ3n) is 3.50. The molecule has 1 saturated heterocycles. The Morgan fingerprint density at radius 1 is 1.42 bits per heavy atom. The van der Waals surface area contributed by atoms with Gasteiger partial charge < -0.3 is 14.7 Å². The largest absolute Gasteiger partial charge is 0.356 e. The molecule has 5 nitrogen and oxygen atoms in total. The summed E-state index contributed by atoms with van der Waals surface area (Å²) in [5.74, 6) is 0. The first-order valence-electron chi connectivity index (χ1n) is 6.62. The van der Waals surface area contributed by atoms with E-state index in [1.165, 1.54) is 0 Å². The van der Waals surface area contributed by atoms with Crippen molar-refractivity contribution in [1.82, 2.24) is 15.4 Å². The summed E-state index contributed by atoms with van der Waals surface area (Å²) < 4.78 is 5.25. The number of amides is 2. The number of nitrogens with one attached hydrogen (secondary N) is 1. The number of nitrogens with zero attached hydrogens (tertiary/aromatic N) is 2. The van der Waals surface area contributed by atoms with Gasteiger partial charge in [-0.2, -0.15) is 0 Å². The van der Waals surface area contributed by atoms with E-state index in [1.54, 1.807) is 0 Å². The van der Waals surface area contributed by atoms with Crippen molar-refractivity contribution in [3.05, 3.63) is 29.5 Å². The van der Waals surface area contributed by atoms with Gasteiger partial charge in [0, 0.05) is 18.5 Å². The van der Waals surface area contributed by atoms with Crippen molar-refractivity contribution in [1.29, 1.82) is 0 Å². The molecule has 0 saturated carbocycles. The van der Waals surface area contributed by atoms with Crippen molar-refractivity contribution in [2.75, 3.05) is 13.1 Å². The first-order valence-corrected chi connectivity index (χ1v) is 6.62. The minimum atomic E-state index is -0.0127. The van der Waals surface area contributed by atoms with Crippen LogP contribution >= 0.6 is 0 Å². The molecule has 2 amide bonds. The van der Waals surface area contributed by atoms with Gasteiger partial charge in [0.2, 0.25) is 0 Å². The molecule has 100 valence electrons. The van der Waals surface area contributed by atoms with Gasteiger partial charge >= 0.3 is 6.03 Å². The molecule has 5 heteroatoms. The van der Waals surface area contributed by atoms with Gasteiger partial charge in [-0.1, -0.05) is 16.8 Å². The van der Waals surface area contributed by atoms with Gasteiger partial charge in [-0.15, -0.1) is 0 Å². The van der Waals surface area contributed by atoms with Crippen molar-refractivity contribution in [3.8, 4) is 0 Å². The van der Waals surface area contributed by atoms with Crippen molar-refractivity contribution in [2.45, 2.75) is 26.3 Å². The van der Waals surface area contributed by atoms with Crippen LogP contribution in [0.5, 0.6) is 0 Å². The van der Waals surface area contributed by atoms with E-state index in [1.807, 2.05) is 30.0 Å². The highest BCUT2D eigenvalue weighted by atomic mass is 16.5. The number of aromatic nitrogens is 1. The zero-order valence-corrected chi connectivity index (χ0v) is 11.0. The maximum atomic E-state index is 11.9. The monoisotopic (exact) mass is 259 g/mol. The maximum Gasteiger partial charge on any atom is 0.317 e. The summed E-state index contributed by atoms with van der Waals surface area (Å²) in [5.41, 5.74) is 2.70. The number of urea groups is 1. The van der Waals surface area contributed by atoms with Crippen LogP contribution < -0.4 is 5.32 Å². The SMILES string of the molecule is Cc1ccc2onc(CNC(=O)N3CCCC3)c2c1. The lowest BCUT2D eigenvalue weighted by Gasteiger charge is -2.15. The van der Waals surface area contributed by atoms with Crippen LogP contribution in [0.25, 0.3) is 11.0 Å². The summed E-state index contributed by atoms with van der Waals surface area (Å²) in [6, 6.07) is 5.91. The van der Waals surface area contributed by atoms with Gasteiger partial charge in [0.25, 0.3) is 0 Å². The fourth-order valence-corrected chi connectivity index (χ4v) is 2.42. The van der Waals surface area contributed by atoms with E-state index >= 15 is 0 Å². The summed E-state index contributed by atoms with van der Waals surface area (Å²) in [5, 5.41) is 7.90. The number of rotatable bonds is 2. The van der Waals surface area contributed by atoms with Crippen LogP contribution in [0.4, 0.5) is 4.79 Å². The molecule has 1 aromatic carbocycles. The Bertz CT molecular complexity index is 600. The first kappa shape index (κ1) is 12.0. The lowest BCUT2D eigenvalue weighted by atomic mass is 10.1. The normalized spacial score (nSPS) is 15.1. The minimum absolute atomic E-state index is 0.0127. The second-order valence-electron chi connectivity index (χ2n) is 4.98. The fourth-order valence-electron chi connectivity index (χ4n) is 2.42. The molecule has 1 fully saturated rings. The van der Waals surface area contributed by atoms with Crippen LogP contribution in [-0.4, -0.2) is 29.2 Å². The first-order chi connectivity index (χ1) is 9.24. The van der Waals surface area contributed by atoms with E-state index in [-0.39, 0.29) is 6.03 Å². The van der Waals surface area contributed by atoms with Gasteiger partial charge in [-0.3, -0.25) is 0 Å². The molecule has 1 N–H and O–H groups in total. The van der Waals surface area contributed by atoms with Gasteiger partial charge in [0.1, 0.15) is 5.69 Å².